The normalized spacial score (nSPS) is 11.7. The van der Waals surface area contributed by atoms with Crippen LogP contribution >= 0.6 is 0 Å². The van der Waals surface area contributed by atoms with E-state index in [9.17, 15) is 5.11 Å². The maximum absolute atomic E-state index is 9.30. The summed E-state index contributed by atoms with van der Waals surface area (Å²) in [6.07, 6.45) is 3.45. The summed E-state index contributed by atoms with van der Waals surface area (Å²) in [6, 6.07) is 13.2. The minimum atomic E-state index is -0.156. The van der Waals surface area contributed by atoms with Crippen molar-refractivity contribution in [2.24, 2.45) is 0 Å². The molecule has 2 aromatic heterocycles. The van der Waals surface area contributed by atoms with Crippen LogP contribution in [-0.2, 0) is 0 Å². The maximum atomic E-state index is 9.30. The summed E-state index contributed by atoms with van der Waals surface area (Å²) in [5.74, 6) is 1.91. The molecule has 7 nitrogen and oxygen atoms in total. The van der Waals surface area contributed by atoms with Crippen LogP contribution < -0.4 is 15.4 Å². The van der Waals surface area contributed by atoms with Crippen molar-refractivity contribution >= 4 is 17.5 Å². The Morgan fingerprint density at radius 2 is 1.81 bits per heavy atom. The van der Waals surface area contributed by atoms with E-state index in [-0.39, 0.29) is 12.6 Å². The molecule has 1 aromatic carbocycles. The molecule has 0 saturated carbocycles. The summed E-state index contributed by atoms with van der Waals surface area (Å²) in [4.78, 5) is 13.1. The molecule has 27 heavy (non-hydrogen) atoms. The van der Waals surface area contributed by atoms with Crippen molar-refractivity contribution < 1.29 is 9.84 Å². The lowest BCUT2D eigenvalue weighted by atomic mass is 10.2. The second kappa shape index (κ2) is 8.95. The van der Waals surface area contributed by atoms with E-state index in [0.717, 1.165) is 22.7 Å². The Kier molecular flexibility index (Phi) is 6.17. The Balaban J connectivity index is 1.89. The molecule has 3 rings (SSSR count). The Morgan fingerprint density at radius 3 is 2.48 bits per heavy atom. The van der Waals surface area contributed by atoms with Gasteiger partial charge in [-0.25, -0.2) is 4.98 Å². The summed E-state index contributed by atoms with van der Waals surface area (Å²) < 4.78 is 5.47. The van der Waals surface area contributed by atoms with E-state index >= 15 is 0 Å². The highest BCUT2D eigenvalue weighted by Crippen LogP contribution is 2.24. The van der Waals surface area contributed by atoms with Gasteiger partial charge in [-0.15, -0.1) is 0 Å². The molecule has 0 aliphatic heterocycles. The Labute approximate surface area is 158 Å². The van der Waals surface area contributed by atoms with Gasteiger partial charge in [0, 0.05) is 35.8 Å². The summed E-state index contributed by atoms with van der Waals surface area (Å²) >= 11 is 0. The second-order valence-corrected chi connectivity index (χ2v) is 6.01. The molecule has 2 heterocycles. The molecule has 0 aliphatic rings. The Morgan fingerprint density at radius 1 is 1.07 bits per heavy atom. The molecular formula is C20H23N5O2. The molecule has 0 fully saturated rings. The van der Waals surface area contributed by atoms with Gasteiger partial charge in [-0.2, -0.15) is 4.98 Å². The highest BCUT2D eigenvalue weighted by Gasteiger charge is 2.09. The first-order valence-corrected chi connectivity index (χ1v) is 8.84. The van der Waals surface area contributed by atoms with Gasteiger partial charge in [0.2, 0.25) is 5.95 Å². The number of hydrogen-bond donors (Lipinski definition) is 3. The molecule has 3 N–H and O–H groups in total. The van der Waals surface area contributed by atoms with Crippen molar-refractivity contribution in [3.63, 3.8) is 0 Å². The molecule has 0 bridgehead atoms. The molecule has 0 aliphatic carbocycles. The molecule has 7 heteroatoms. The van der Waals surface area contributed by atoms with Crippen LogP contribution in [-0.4, -0.2) is 39.3 Å². The van der Waals surface area contributed by atoms with Gasteiger partial charge in [0.1, 0.15) is 11.6 Å². The third kappa shape index (κ3) is 5.15. The first-order chi connectivity index (χ1) is 13.2. The van der Waals surface area contributed by atoms with Gasteiger partial charge < -0.3 is 20.5 Å². The van der Waals surface area contributed by atoms with Crippen LogP contribution in [0.5, 0.6) is 5.75 Å². The molecule has 0 spiro atoms. The summed E-state index contributed by atoms with van der Waals surface area (Å²) in [7, 11) is 0. The van der Waals surface area contributed by atoms with Crippen molar-refractivity contribution in [3.05, 3.63) is 54.9 Å². The zero-order valence-electron chi connectivity index (χ0n) is 15.4. The molecule has 0 radical (unpaired) electrons. The van der Waals surface area contributed by atoms with Crippen LogP contribution in [0.25, 0.3) is 11.3 Å². The van der Waals surface area contributed by atoms with Gasteiger partial charge in [-0.05, 0) is 50.2 Å². The lowest BCUT2D eigenvalue weighted by Crippen LogP contribution is -2.21. The SMILES string of the molecule is CCOc1ccc(Nc2cc(-c3ccncc3)nc(N[C@H](C)CO)n2)cc1. The number of ether oxygens (including phenoxy) is 1. The van der Waals surface area contributed by atoms with Crippen LogP contribution in [0.2, 0.25) is 0 Å². The van der Waals surface area contributed by atoms with Gasteiger partial charge >= 0.3 is 0 Å². The molecule has 140 valence electrons. The number of nitrogens with one attached hydrogen (secondary N) is 2. The van der Waals surface area contributed by atoms with Crippen LogP contribution in [0.3, 0.4) is 0 Å². The minimum Gasteiger partial charge on any atom is -0.494 e. The number of pyridine rings is 1. The van der Waals surface area contributed by atoms with Crippen LogP contribution in [0.15, 0.2) is 54.9 Å². The highest BCUT2D eigenvalue weighted by atomic mass is 16.5. The van der Waals surface area contributed by atoms with Crippen LogP contribution in [0.1, 0.15) is 13.8 Å². The Hall–Kier alpha value is -3.19. The number of rotatable bonds is 8. The van der Waals surface area contributed by atoms with Gasteiger partial charge in [-0.3, -0.25) is 4.98 Å². The van der Waals surface area contributed by atoms with Gasteiger partial charge in [0.25, 0.3) is 0 Å². The number of benzene rings is 1. The van der Waals surface area contributed by atoms with E-state index in [1.165, 1.54) is 0 Å². The van der Waals surface area contributed by atoms with Gasteiger partial charge in [-0.1, -0.05) is 0 Å². The summed E-state index contributed by atoms with van der Waals surface area (Å²) in [5.41, 5.74) is 2.58. The van der Waals surface area contributed by atoms with Crippen molar-refractivity contribution in [1.29, 1.82) is 0 Å². The van der Waals surface area contributed by atoms with Crippen molar-refractivity contribution in [2.75, 3.05) is 23.8 Å². The number of aliphatic hydroxyl groups excluding tert-OH is 1. The molecule has 0 unspecified atom stereocenters. The quantitative estimate of drug-likeness (QED) is 0.563. The van der Waals surface area contributed by atoms with Crippen molar-refractivity contribution in [2.45, 2.75) is 19.9 Å². The number of nitrogens with zero attached hydrogens (tertiary/aromatic N) is 3. The fraction of sp³-hybridized carbons (Fsp3) is 0.250. The fourth-order valence-corrected chi connectivity index (χ4v) is 2.46. The van der Waals surface area contributed by atoms with Gasteiger partial charge in [0.05, 0.1) is 18.9 Å². The first kappa shape index (κ1) is 18.6. The van der Waals surface area contributed by atoms with E-state index in [1.807, 2.05) is 56.3 Å². The second-order valence-electron chi connectivity index (χ2n) is 6.01. The number of aromatic nitrogens is 3. The molecule has 0 saturated heterocycles. The number of hydrogen-bond acceptors (Lipinski definition) is 7. The van der Waals surface area contributed by atoms with E-state index in [2.05, 4.69) is 25.6 Å². The van der Waals surface area contributed by atoms with E-state index in [0.29, 0.717) is 18.4 Å². The maximum Gasteiger partial charge on any atom is 0.225 e. The summed E-state index contributed by atoms with van der Waals surface area (Å²) in [6.45, 7) is 4.44. The fourth-order valence-electron chi connectivity index (χ4n) is 2.46. The topological polar surface area (TPSA) is 92.2 Å². The Bertz CT molecular complexity index is 856. The first-order valence-electron chi connectivity index (χ1n) is 8.84. The van der Waals surface area contributed by atoms with E-state index < -0.39 is 0 Å². The third-order valence-electron chi connectivity index (χ3n) is 3.79. The zero-order valence-corrected chi connectivity index (χ0v) is 15.4. The van der Waals surface area contributed by atoms with Crippen molar-refractivity contribution in [1.82, 2.24) is 15.0 Å². The standard InChI is InChI=1S/C20H23N5O2/c1-3-27-17-6-4-16(5-7-17)23-19-12-18(15-8-10-21-11-9-15)24-20(25-19)22-14(2)13-26/h4-12,14,26H,3,13H2,1-2H3,(H2,22,23,24,25)/t14-/m1/s1. The minimum absolute atomic E-state index is 0.00943. The molecular weight excluding hydrogens is 342 g/mol. The largest absolute Gasteiger partial charge is 0.494 e. The third-order valence-corrected chi connectivity index (χ3v) is 3.79. The average molecular weight is 365 g/mol. The zero-order chi connectivity index (χ0) is 19.1. The number of aliphatic hydroxyl groups is 1. The average Bonchev–Trinajstić information content (AvgIpc) is 2.70. The predicted molar refractivity (Wildman–Crippen MR) is 106 cm³/mol. The lowest BCUT2D eigenvalue weighted by Gasteiger charge is -2.14. The van der Waals surface area contributed by atoms with E-state index in [1.54, 1.807) is 12.4 Å². The van der Waals surface area contributed by atoms with Crippen LogP contribution in [0, 0.1) is 0 Å². The smallest absolute Gasteiger partial charge is 0.225 e. The summed E-state index contributed by atoms with van der Waals surface area (Å²) in [5, 5.41) is 15.7. The monoisotopic (exact) mass is 365 g/mol. The molecule has 0 amide bonds. The van der Waals surface area contributed by atoms with Crippen molar-refractivity contribution in [3.8, 4) is 17.0 Å². The predicted octanol–water partition coefficient (Wildman–Crippen LogP) is 3.47. The van der Waals surface area contributed by atoms with E-state index in [4.69, 9.17) is 4.74 Å². The molecule has 3 aromatic rings. The number of anilines is 3. The molecule has 1 atom stereocenters. The lowest BCUT2D eigenvalue weighted by molar-refractivity contribution is 0.281. The van der Waals surface area contributed by atoms with Gasteiger partial charge in [0.15, 0.2) is 0 Å². The van der Waals surface area contributed by atoms with Crippen LogP contribution in [0.4, 0.5) is 17.5 Å². The highest BCUT2D eigenvalue weighted by molar-refractivity contribution is 5.67.